The van der Waals surface area contributed by atoms with E-state index in [1.54, 1.807) is 18.3 Å². The van der Waals surface area contributed by atoms with Crippen LogP contribution >= 0.6 is 22.9 Å². The van der Waals surface area contributed by atoms with Crippen LogP contribution in [-0.2, 0) is 0 Å². The van der Waals surface area contributed by atoms with Crippen LogP contribution in [0.3, 0.4) is 0 Å². The molecule has 15 heavy (non-hydrogen) atoms. The van der Waals surface area contributed by atoms with E-state index in [4.69, 9.17) is 16.8 Å². The highest BCUT2D eigenvalue weighted by Crippen LogP contribution is 2.32. The topological polar surface area (TPSA) is 32.6 Å². The van der Waals surface area contributed by atoms with Gasteiger partial charge in [-0.3, -0.25) is 0 Å². The van der Waals surface area contributed by atoms with Gasteiger partial charge in [0, 0.05) is 9.72 Å². The predicted octanol–water partition coefficient (Wildman–Crippen LogP) is 4.06. The number of oxime groups is 1. The molecule has 78 valence electrons. The largest absolute Gasteiger partial charge is 0.411 e. The van der Waals surface area contributed by atoms with Crippen LogP contribution in [0.4, 0.5) is 0 Å². The molecule has 1 heterocycles. The van der Waals surface area contributed by atoms with E-state index in [2.05, 4.69) is 5.16 Å². The van der Waals surface area contributed by atoms with Crippen molar-refractivity contribution in [3.05, 3.63) is 33.7 Å². The maximum atomic E-state index is 8.76. The summed E-state index contributed by atoms with van der Waals surface area (Å²) in [6.45, 7) is 3.80. The Morgan fingerprint density at radius 3 is 2.87 bits per heavy atom. The Morgan fingerprint density at radius 1 is 1.47 bits per heavy atom. The summed E-state index contributed by atoms with van der Waals surface area (Å²) in [4.78, 5) is 1.01. The van der Waals surface area contributed by atoms with E-state index in [0.29, 0.717) is 5.71 Å². The van der Waals surface area contributed by atoms with Gasteiger partial charge in [0.25, 0.3) is 0 Å². The standard InChI is InChI=1S/C11H10ClNOS/c1-6-9-5-8(12)3-4-10(9)15-11(6)7(2)13-14/h3-5,14H,1-2H3/b13-7+. The molecule has 2 aromatic rings. The van der Waals surface area contributed by atoms with Crippen molar-refractivity contribution in [2.24, 2.45) is 5.16 Å². The highest BCUT2D eigenvalue weighted by Gasteiger charge is 2.11. The van der Waals surface area contributed by atoms with Crippen molar-refractivity contribution in [1.29, 1.82) is 0 Å². The number of halogens is 1. The molecule has 0 fully saturated rings. The second kappa shape index (κ2) is 3.83. The van der Waals surface area contributed by atoms with E-state index >= 15 is 0 Å². The molecule has 1 aromatic carbocycles. The molecule has 0 radical (unpaired) electrons. The third kappa shape index (κ3) is 1.73. The third-order valence-corrected chi connectivity index (χ3v) is 3.99. The molecule has 1 N–H and O–H groups in total. The summed E-state index contributed by atoms with van der Waals surface area (Å²) in [6.07, 6.45) is 0. The van der Waals surface area contributed by atoms with Crippen LogP contribution in [0.1, 0.15) is 17.4 Å². The highest BCUT2D eigenvalue weighted by atomic mass is 35.5. The lowest BCUT2D eigenvalue weighted by Gasteiger charge is -1.95. The molecule has 0 unspecified atom stereocenters. The molecule has 0 aliphatic carbocycles. The van der Waals surface area contributed by atoms with Crippen molar-refractivity contribution in [2.45, 2.75) is 13.8 Å². The Hall–Kier alpha value is -1.06. The first-order valence-electron chi connectivity index (χ1n) is 4.51. The molecule has 0 saturated heterocycles. The molecule has 0 saturated carbocycles. The van der Waals surface area contributed by atoms with E-state index in [-0.39, 0.29) is 0 Å². The molecule has 2 nitrogen and oxygen atoms in total. The summed E-state index contributed by atoms with van der Waals surface area (Å²) in [7, 11) is 0. The van der Waals surface area contributed by atoms with Gasteiger partial charge in [-0.2, -0.15) is 0 Å². The van der Waals surface area contributed by atoms with Crippen molar-refractivity contribution in [3.8, 4) is 0 Å². The molecule has 0 bridgehead atoms. The second-order valence-corrected chi connectivity index (χ2v) is 4.87. The van der Waals surface area contributed by atoms with Crippen LogP contribution in [0.2, 0.25) is 5.02 Å². The van der Waals surface area contributed by atoms with E-state index in [1.807, 2.05) is 25.1 Å². The molecule has 1 aromatic heterocycles. The van der Waals surface area contributed by atoms with Gasteiger partial charge in [0.2, 0.25) is 0 Å². The Kier molecular flexibility index (Phi) is 2.67. The minimum Gasteiger partial charge on any atom is -0.411 e. The first kappa shape index (κ1) is 10.5. The number of rotatable bonds is 1. The first-order chi connectivity index (χ1) is 7.13. The maximum absolute atomic E-state index is 8.76. The minimum atomic E-state index is 0.643. The average molecular weight is 240 g/mol. The van der Waals surface area contributed by atoms with Gasteiger partial charge < -0.3 is 5.21 Å². The summed E-state index contributed by atoms with van der Waals surface area (Å²) in [5.41, 5.74) is 1.76. The zero-order chi connectivity index (χ0) is 11.0. The van der Waals surface area contributed by atoms with Crippen molar-refractivity contribution >= 4 is 38.7 Å². The Balaban J connectivity index is 2.75. The van der Waals surface area contributed by atoms with Crippen molar-refractivity contribution in [1.82, 2.24) is 0 Å². The second-order valence-electron chi connectivity index (χ2n) is 3.38. The Bertz CT molecular complexity index is 545. The van der Waals surface area contributed by atoms with Gasteiger partial charge in [0.1, 0.15) is 0 Å². The quantitative estimate of drug-likeness (QED) is 0.454. The summed E-state index contributed by atoms with van der Waals surface area (Å²) in [6, 6.07) is 5.80. The summed E-state index contributed by atoms with van der Waals surface area (Å²) in [5.74, 6) is 0. The molecule has 0 atom stereocenters. The monoisotopic (exact) mass is 239 g/mol. The van der Waals surface area contributed by atoms with Gasteiger partial charge in [0.15, 0.2) is 0 Å². The average Bonchev–Trinajstić information content (AvgIpc) is 2.55. The zero-order valence-corrected chi connectivity index (χ0v) is 9.99. The Morgan fingerprint density at radius 2 is 2.20 bits per heavy atom. The number of fused-ring (bicyclic) bond motifs is 1. The van der Waals surface area contributed by atoms with Gasteiger partial charge in [-0.25, -0.2) is 0 Å². The molecule has 0 spiro atoms. The van der Waals surface area contributed by atoms with E-state index in [1.165, 1.54) is 0 Å². The summed E-state index contributed by atoms with van der Waals surface area (Å²) >= 11 is 7.55. The fraction of sp³-hybridized carbons (Fsp3) is 0.182. The van der Waals surface area contributed by atoms with Gasteiger partial charge in [-0.15, -0.1) is 11.3 Å². The fourth-order valence-electron chi connectivity index (χ4n) is 1.58. The van der Waals surface area contributed by atoms with Crippen LogP contribution in [0, 0.1) is 6.92 Å². The predicted molar refractivity (Wildman–Crippen MR) is 65.6 cm³/mol. The lowest BCUT2D eigenvalue weighted by molar-refractivity contribution is 0.319. The van der Waals surface area contributed by atoms with Gasteiger partial charge in [-0.05, 0) is 43.0 Å². The van der Waals surface area contributed by atoms with Crippen molar-refractivity contribution < 1.29 is 5.21 Å². The number of hydrogen-bond acceptors (Lipinski definition) is 3. The van der Waals surface area contributed by atoms with E-state index in [9.17, 15) is 0 Å². The van der Waals surface area contributed by atoms with Gasteiger partial charge in [-0.1, -0.05) is 16.8 Å². The van der Waals surface area contributed by atoms with Crippen LogP contribution in [0.5, 0.6) is 0 Å². The van der Waals surface area contributed by atoms with Gasteiger partial charge in [0.05, 0.1) is 10.6 Å². The molecule has 0 aliphatic rings. The smallest absolute Gasteiger partial charge is 0.0939 e. The lowest BCUT2D eigenvalue weighted by atomic mass is 10.1. The van der Waals surface area contributed by atoms with Crippen LogP contribution in [0.25, 0.3) is 10.1 Å². The maximum Gasteiger partial charge on any atom is 0.0939 e. The first-order valence-corrected chi connectivity index (χ1v) is 5.70. The number of hydrogen-bond donors (Lipinski definition) is 1. The van der Waals surface area contributed by atoms with E-state index in [0.717, 1.165) is 25.5 Å². The normalized spacial score (nSPS) is 12.3. The van der Waals surface area contributed by atoms with Crippen LogP contribution in [-0.4, -0.2) is 10.9 Å². The molecular weight excluding hydrogens is 230 g/mol. The molecule has 0 amide bonds. The fourth-order valence-corrected chi connectivity index (χ4v) is 2.89. The Labute approximate surface area is 96.8 Å². The summed E-state index contributed by atoms with van der Waals surface area (Å²) in [5, 5.41) is 13.9. The van der Waals surface area contributed by atoms with Gasteiger partial charge >= 0.3 is 0 Å². The molecular formula is C11H10ClNOS. The number of thiophene rings is 1. The van der Waals surface area contributed by atoms with Crippen molar-refractivity contribution in [3.63, 3.8) is 0 Å². The molecule has 0 aliphatic heterocycles. The van der Waals surface area contributed by atoms with Crippen LogP contribution in [0.15, 0.2) is 23.4 Å². The number of nitrogens with zero attached hydrogens (tertiary/aromatic N) is 1. The SMILES string of the molecule is C/C(=N\O)c1sc2ccc(Cl)cc2c1C. The number of benzene rings is 1. The summed E-state index contributed by atoms with van der Waals surface area (Å²) < 4.78 is 1.16. The number of aryl methyl sites for hydroxylation is 1. The highest BCUT2D eigenvalue weighted by molar-refractivity contribution is 7.21. The third-order valence-electron chi connectivity index (χ3n) is 2.38. The minimum absolute atomic E-state index is 0.643. The van der Waals surface area contributed by atoms with Crippen molar-refractivity contribution in [2.75, 3.05) is 0 Å². The van der Waals surface area contributed by atoms with Crippen LogP contribution < -0.4 is 0 Å². The van der Waals surface area contributed by atoms with E-state index < -0.39 is 0 Å². The lowest BCUT2D eigenvalue weighted by Crippen LogP contribution is -1.92. The molecule has 4 heteroatoms. The zero-order valence-electron chi connectivity index (χ0n) is 8.41. The molecule has 2 rings (SSSR count).